The van der Waals surface area contributed by atoms with Crippen LogP contribution in [0, 0.1) is 0 Å². The Balaban J connectivity index is -0.000000301. The SMILES string of the molecule is NCCCC[C@H](N)C(=O)O.NCCCC[C@H](N)C(=O)O.O=S(O)O. The molecule has 0 fully saturated rings. The summed E-state index contributed by atoms with van der Waals surface area (Å²) in [6.45, 7) is 1.21. The Bertz CT molecular complexity index is 317. The molecule has 0 aliphatic carbocycles. The third-order valence-corrected chi connectivity index (χ3v) is 2.57. The lowest BCUT2D eigenvalue weighted by Gasteiger charge is -2.03. The molecular formula is C12H30N4O7S. The molecule has 0 saturated carbocycles. The first-order valence-corrected chi connectivity index (χ1v) is 8.33. The van der Waals surface area contributed by atoms with Crippen LogP contribution in [0.2, 0.25) is 0 Å². The first-order chi connectivity index (χ1) is 11.1. The summed E-state index contributed by atoms with van der Waals surface area (Å²) in [6.07, 6.45) is 4.33. The number of carboxylic acid groups (broad SMARTS) is 2. The number of rotatable bonds is 10. The van der Waals surface area contributed by atoms with Crippen LogP contribution in [0.25, 0.3) is 0 Å². The Morgan fingerprint density at radius 1 is 0.792 bits per heavy atom. The van der Waals surface area contributed by atoms with Crippen LogP contribution in [-0.4, -0.2) is 60.6 Å². The van der Waals surface area contributed by atoms with Gasteiger partial charge in [0.25, 0.3) is 11.4 Å². The molecule has 0 amide bonds. The summed E-state index contributed by atoms with van der Waals surface area (Å²) in [5.41, 5.74) is 20.8. The van der Waals surface area contributed by atoms with E-state index in [-0.39, 0.29) is 0 Å². The predicted octanol–water partition coefficient (Wildman–Crippen LogP) is -1.26. The molecule has 24 heavy (non-hydrogen) atoms. The lowest BCUT2D eigenvalue weighted by molar-refractivity contribution is -0.139. The van der Waals surface area contributed by atoms with E-state index in [1.807, 2.05) is 0 Å². The molecule has 11 nitrogen and oxygen atoms in total. The highest BCUT2D eigenvalue weighted by atomic mass is 32.2. The van der Waals surface area contributed by atoms with E-state index in [2.05, 4.69) is 0 Å². The third-order valence-electron chi connectivity index (χ3n) is 2.57. The molecule has 12 N–H and O–H groups in total. The van der Waals surface area contributed by atoms with Crippen LogP contribution < -0.4 is 22.9 Å². The van der Waals surface area contributed by atoms with Crippen molar-refractivity contribution in [3.63, 3.8) is 0 Å². The van der Waals surface area contributed by atoms with Crippen molar-refractivity contribution in [3.8, 4) is 0 Å². The topological polar surface area (TPSA) is 236 Å². The Labute approximate surface area is 143 Å². The van der Waals surface area contributed by atoms with Crippen molar-refractivity contribution in [3.05, 3.63) is 0 Å². The van der Waals surface area contributed by atoms with Crippen LogP contribution in [0.3, 0.4) is 0 Å². The molecule has 2 atom stereocenters. The minimum Gasteiger partial charge on any atom is -0.480 e. The van der Waals surface area contributed by atoms with Crippen molar-refractivity contribution in [1.82, 2.24) is 0 Å². The van der Waals surface area contributed by atoms with E-state index in [9.17, 15) is 9.59 Å². The van der Waals surface area contributed by atoms with Gasteiger partial charge in [-0.3, -0.25) is 18.7 Å². The number of hydrogen-bond donors (Lipinski definition) is 8. The largest absolute Gasteiger partial charge is 0.480 e. The molecule has 12 heteroatoms. The number of aliphatic carboxylic acids is 2. The molecule has 146 valence electrons. The zero-order valence-electron chi connectivity index (χ0n) is 13.5. The first kappa shape index (κ1) is 27.7. The van der Waals surface area contributed by atoms with E-state index < -0.39 is 35.4 Å². The highest BCUT2D eigenvalue weighted by Crippen LogP contribution is 1.97. The average molecular weight is 374 g/mol. The fourth-order valence-corrected chi connectivity index (χ4v) is 1.26. The van der Waals surface area contributed by atoms with Crippen LogP contribution in [-0.2, 0) is 21.0 Å². The molecule has 0 radical (unpaired) electrons. The van der Waals surface area contributed by atoms with Gasteiger partial charge in [-0.15, -0.1) is 0 Å². The van der Waals surface area contributed by atoms with E-state index in [0.717, 1.165) is 25.7 Å². The first-order valence-electron chi connectivity index (χ1n) is 7.26. The average Bonchev–Trinajstić information content (AvgIpc) is 2.47. The number of hydrogen-bond acceptors (Lipinski definition) is 7. The highest BCUT2D eigenvalue weighted by molar-refractivity contribution is 7.73. The molecule has 0 saturated heterocycles. The van der Waals surface area contributed by atoms with Crippen LogP contribution in [0.5, 0.6) is 0 Å². The van der Waals surface area contributed by atoms with Gasteiger partial charge in [-0.2, -0.15) is 4.21 Å². The van der Waals surface area contributed by atoms with Crippen molar-refractivity contribution in [2.45, 2.75) is 50.6 Å². The zero-order chi connectivity index (χ0) is 19.5. The van der Waals surface area contributed by atoms with Gasteiger partial charge in [0.05, 0.1) is 0 Å². The molecule has 0 bridgehead atoms. The van der Waals surface area contributed by atoms with Gasteiger partial charge >= 0.3 is 11.9 Å². The van der Waals surface area contributed by atoms with Crippen molar-refractivity contribution >= 4 is 23.3 Å². The lowest BCUT2D eigenvalue weighted by Crippen LogP contribution is -2.29. The van der Waals surface area contributed by atoms with Crippen LogP contribution >= 0.6 is 0 Å². The molecule has 0 aliphatic rings. The van der Waals surface area contributed by atoms with Crippen LogP contribution in [0.1, 0.15) is 38.5 Å². The lowest BCUT2D eigenvalue weighted by atomic mass is 10.1. The summed E-state index contributed by atoms with van der Waals surface area (Å²) < 4.78 is 22.8. The number of unbranched alkanes of at least 4 members (excludes halogenated alkanes) is 2. The molecule has 0 aliphatic heterocycles. The van der Waals surface area contributed by atoms with Gasteiger partial charge < -0.3 is 33.1 Å². The second-order valence-electron chi connectivity index (χ2n) is 4.69. The zero-order valence-corrected chi connectivity index (χ0v) is 14.4. The number of nitrogens with two attached hydrogens (primary N) is 4. The Morgan fingerprint density at radius 3 is 1.21 bits per heavy atom. The van der Waals surface area contributed by atoms with E-state index >= 15 is 0 Å². The second kappa shape index (κ2) is 19.9. The fraction of sp³-hybridized carbons (Fsp3) is 0.833. The maximum absolute atomic E-state index is 10.1. The van der Waals surface area contributed by atoms with Gasteiger partial charge in [-0.1, -0.05) is 12.8 Å². The molecule has 0 heterocycles. The number of carbonyl (C=O) groups is 2. The summed E-state index contributed by atoms with van der Waals surface area (Å²) in [5.74, 6) is -1.87. The summed E-state index contributed by atoms with van der Waals surface area (Å²) in [4.78, 5) is 20.3. The van der Waals surface area contributed by atoms with Gasteiger partial charge in [-0.25, -0.2) is 0 Å². The molecule has 0 unspecified atom stereocenters. The van der Waals surface area contributed by atoms with Gasteiger partial charge in [-0.05, 0) is 38.8 Å². The van der Waals surface area contributed by atoms with Gasteiger partial charge in [0.1, 0.15) is 12.1 Å². The molecular weight excluding hydrogens is 344 g/mol. The van der Waals surface area contributed by atoms with E-state index in [1.165, 1.54) is 0 Å². The summed E-state index contributed by atoms with van der Waals surface area (Å²) >= 11 is -2.61. The Morgan fingerprint density at radius 2 is 1.04 bits per heavy atom. The summed E-state index contributed by atoms with van der Waals surface area (Å²) in [7, 11) is 0. The maximum atomic E-state index is 10.1. The highest BCUT2D eigenvalue weighted by Gasteiger charge is 2.09. The normalized spacial score (nSPS) is 12.3. The smallest absolute Gasteiger partial charge is 0.320 e. The Hall–Kier alpha value is -1.15. The van der Waals surface area contributed by atoms with Crippen molar-refractivity contribution in [1.29, 1.82) is 0 Å². The molecule has 0 aromatic heterocycles. The fourth-order valence-electron chi connectivity index (χ4n) is 1.26. The number of carboxylic acids is 2. The van der Waals surface area contributed by atoms with E-state index in [1.54, 1.807) is 0 Å². The standard InChI is InChI=1S/2C6H14N2O2.H2O3S/c2*7-4-2-1-3-5(8)6(9)10;1-4(2)3/h2*5H,1-4,7-8H2,(H,9,10);(H2,1,2,3)/t2*5-;/m00./s1. The minimum atomic E-state index is -2.61. The Kier molecular flexibility index (Phi) is 23.0. The minimum absolute atomic E-state index is 0.520. The maximum Gasteiger partial charge on any atom is 0.320 e. The van der Waals surface area contributed by atoms with Crippen molar-refractivity contribution in [2.24, 2.45) is 22.9 Å². The third kappa shape index (κ3) is 28.9. The van der Waals surface area contributed by atoms with E-state index in [0.29, 0.717) is 25.9 Å². The summed E-state index contributed by atoms with van der Waals surface area (Å²) in [5, 5.41) is 16.7. The molecule has 0 aromatic carbocycles. The molecule has 0 rings (SSSR count). The molecule has 0 aromatic rings. The van der Waals surface area contributed by atoms with Gasteiger partial charge in [0.15, 0.2) is 0 Å². The second-order valence-corrected chi connectivity index (χ2v) is 5.15. The van der Waals surface area contributed by atoms with Crippen LogP contribution in [0.4, 0.5) is 0 Å². The van der Waals surface area contributed by atoms with Gasteiger partial charge in [0.2, 0.25) is 0 Å². The quantitative estimate of drug-likeness (QED) is 0.166. The monoisotopic (exact) mass is 374 g/mol. The van der Waals surface area contributed by atoms with Crippen LogP contribution in [0.15, 0.2) is 0 Å². The van der Waals surface area contributed by atoms with Crippen molar-refractivity contribution in [2.75, 3.05) is 13.1 Å². The molecule has 0 spiro atoms. The van der Waals surface area contributed by atoms with Gasteiger partial charge in [0, 0.05) is 0 Å². The van der Waals surface area contributed by atoms with Crippen molar-refractivity contribution < 1.29 is 33.1 Å². The predicted molar refractivity (Wildman–Crippen MR) is 90.4 cm³/mol. The van der Waals surface area contributed by atoms with E-state index in [4.69, 9.17) is 46.5 Å². The summed E-state index contributed by atoms with van der Waals surface area (Å²) in [6, 6.07) is -1.43.